The van der Waals surface area contributed by atoms with Crippen LogP contribution in [0, 0.1) is 0 Å². The van der Waals surface area contributed by atoms with E-state index in [4.69, 9.17) is 4.74 Å². The number of ether oxygens (including phenoxy) is 1. The summed E-state index contributed by atoms with van der Waals surface area (Å²) in [5.74, 6) is 0. The van der Waals surface area contributed by atoms with Gasteiger partial charge in [0.1, 0.15) is 0 Å². The highest BCUT2D eigenvalue weighted by molar-refractivity contribution is 5.73. The van der Waals surface area contributed by atoms with Gasteiger partial charge in [-0.05, 0) is 12.1 Å². The Morgan fingerprint density at radius 3 is 2.94 bits per heavy atom. The number of hydrogen-bond donors (Lipinski definition) is 1. The van der Waals surface area contributed by atoms with Crippen molar-refractivity contribution in [1.82, 2.24) is 15.3 Å². The van der Waals surface area contributed by atoms with Gasteiger partial charge in [-0.2, -0.15) is 0 Å². The van der Waals surface area contributed by atoms with E-state index in [2.05, 4.69) is 15.3 Å². The van der Waals surface area contributed by atoms with Gasteiger partial charge >= 0.3 is 0 Å². The number of nitrogens with one attached hydrogen (secondary N) is 1. The van der Waals surface area contributed by atoms with Crippen LogP contribution in [0.5, 0.6) is 0 Å². The topological polar surface area (TPSA) is 47.0 Å². The monoisotopic (exact) mass is 215 g/mol. The van der Waals surface area contributed by atoms with E-state index in [-0.39, 0.29) is 6.04 Å². The minimum Gasteiger partial charge on any atom is -0.378 e. The minimum absolute atomic E-state index is 0.172. The normalized spacial score (nSPS) is 21.1. The van der Waals surface area contributed by atoms with E-state index in [1.807, 2.05) is 30.5 Å². The lowest BCUT2D eigenvalue weighted by molar-refractivity contribution is 0.0756. The van der Waals surface area contributed by atoms with Crippen molar-refractivity contribution in [3.63, 3.8) is 0 Å². The van der Waals surface area contributed by atoms with Crippen LogP contribution in [0.4, 0.5) is 0 Å². The number of benzene rings is 1. The lowest BCUT2D eigenvalue weighted by Crippen LogP contribution is -2.35. The Kier molecular flexibility index (Phi) is 2.52. The zero-order valence-electron chi connectivity index (χ0n) is 8.89. The van der Waals surface area contributed by atoms with Gasteiger partial charge in [-0.1, -0.05) is 12.1 Å². The predicted octanol–water partition coefficient (Wildman–Crippen LogP) is 1.29. The van der Waals surface area contributed by atoms with Gasteiger partial charge in [-0.25, -0.2) is 4.98 Å². The second-order valence-electron chi connectivity index (χ2n) is 3.87. The van der Waals surface area contributed by atoms with Crippen molar-refractivity contribution in [1.29, 1.82) is 0 Å². The third-order valence-corrected chi connectivity index (χ3v) is 2.75. The Bertz CT molecular complexity index is 494. The lowest BCUT2D eigenvalue weighted by Gasteiger charge is -2.23. The summed E-state index contributed by atoms with van der Waals surface area (Å²) >= 11 is 0. The summed E-state index contributed by atoms with van der Waals surface area (Å²) in [5.41, 5.74) is 2.83. The molecule has 0 radical (unpaired) electrons. The van der Waals surface area contributed by atoms with E-state index < -0.39 is 0 Å². The Labute approximate surface area is 93.7 Å². The minimum atomic E-state index is 0.172. The summed E-state index contributed by atoms with van der Waals surface area (Å²) in [5, 5.41) is 3.37. The second kappa shape index (κ2) is 4.15. The molecule has 0 bridgehead atoms. The molecule has 1 N–H and O–H groups in total. The highest BCUT2D eigenvalue weighted by Gasteiger charge is 2.16. The van der Waals surface area contributed by atoms with Gasteiger partial charge in [0.15, 0.2) is 0 Å². The van der Waals surface area contributed by atoms with Crippen LogP contribution in [0.1, 0.15) is 11.7 Å². The van der Waals surface area contributed by atoms with Crippen LogP contribution in [0.2, 0.25) is 0 Å². The van der Waals surface area contributed by atoms with E-state index in [1.165, 1.54) is 0 Å². The van der Waals surface area contributed by atoms with Crippen LogP contribution in [0.3, 0.4) is 0 Å². The molecule has 0 saturated carbocycles. The summed E-state index contributed by atoms with van der Waals surface area (Å²) in [4.78, 5) is 8.99. The molecule has 0 aliphatic carbocycles. The lowest BCUT2D eigenvalue weighted by atomic mass is 10.2. The Morgan fingerprint density at radius 1 is 1.25 bits per heavy atom. The first-order chi connectivity index (χ1) is 7.93. The van der Waals surface area contributed by atoms with Gasteiger partial charge in [-0.15, -0.1) is 0 Å². The first kappa shape index (κ1) is 9.69. The summed E-state index contributed by atoms with van der Waals surface area (Å²) in [7, 11) is 0. The molecule has 2 aromatic rings. The van der Waals surface area contributed by atoms with Crippen molar-refractivity contribution in [2.24, 2.45) is 0 Å². The average Bonchev–Trinajstić information content (AvgIpc) is 2.39. The van der Waals surface area contributed by atoms with Gasteiger partial charge < -0.3 is 10.1 Å². The number of aromatic nitrogens is 2. The predicted molar refractivity (Wildman–Crippen MR) is 61.1 cm³/mol. The molecule has 16 heavy (non-hydrogen) atoms. The van der Waals surface area contributed by atoms with Crippen LogP contribution < -0.4 is 5.32 Å². The molecule has 1 atom stereocenters. The van der Waals surface area contributed by atoms with Gasteiger partial charge in [0.05, 0.1) is 42.2 Å². The summed E-state index contributed by atoms with van der Waals surface area (Å²) in [6.07, 6.45) is 1.83. The fourth-order valence-electron chi connectivity index (χ4n) is 1.89. The molecule has 1 aliphatic rings. The van der Waals surface area contributed by atoms with E-state index in [9.17, 15) is 0 Å². The summed E-state index contributed by atoms with van der Waals surface area (Å²) in [6, 6.07) is 8.07. The van der Waals surface area contributed by atoms with Crippen molar-refractivity contribution in [2.75, 3.05) is 19.8 Å². The third kappa shape index (κ3) is 1.77. The van der Waals surface area contributed by atoms with E-state index in [0.717, 1.165) is 29.9 Å². The molecule has 1 fully saturated rings. The van der Waals surface area contributed by atoms with Crippen molar-refractivity contribution >= 4 is 11.0 Å². The largest absolute Gasteiger partial charge is 0.378 e. The molecule has 82 valence electrons. The molecule has 0 spiro atoms. The van der Waals surface area contributed by atoms with Gasteiger partial charge in [0.25, 0.3) is 0 Å². The highest BCUT2D eigenvalue weighted by Crippen LogP contribution is 2.15. The van der Waals surface area contributed by atoms with E-state index in [1.54, 1.807) is 0 Å². The quantitative estimate of drug-likeness (QED) is 0.778. The maximum absolute atomic E-state index is 5.42. The highest BCUT2D eigenvalue weighted by atomic mass is 16.5. The number of nitrogens with zero attached hydrogens (tertiary/aromatic N) is 2. The van der Waals surface area contributed by atoms with Crippen molar-refractivity contribution < 1.29 is 4.74 Å². The fourth-order valence-corrected chi connectivity index (χ4v) is 1.89. The van der Waals surface area contributed by atoms with Crippen molar-refractivity contribution in [2.45, 2.75) is 6.04 Å². The first-order valence-corrected chi connectivity index (χ1v) is 5.46. The van der Waals surface area contributed by atoms with E-state index in [0.29, 0.717) is 6.61 Å². The second-order valence-corrected chi connectivity index (χ2v) is 3.87. The van der Waals surface area contributed by atoms with Crippen LogP contribution in [-0.2, 0) is 4.74 Å². The smallest absolute Gasteiger partial charge is 0.0890 e. The maximum Gasteiger partial charge on any atom is 0.0890 e. The Hall–Kier alpha value is -1.52. The van der Waals surface area contributed by atoms with Crippen LogP contribution in [0.15, 0.2) is 30.5 Å². The molecular weight excluding hydrogens is 202 g/mol. The van der Waals surface area contributed by atoms with Gasteiger partial charge in [0, 0.05) is 6.54 Å². The SMILES string of the molecule is c1ccc2nc(C3COCCN3)cnc2c1. The molecule has 0 amide bonds. The van der Waals surface area contributed by atoms with Crippen LogP contribution >= 0.6 is 0 Å². The fraction of sp³-hybridized carbons (Fsp3) is 0.333. The molecule has 4 nitrogen and oxygen atoms in total. The van der Waals surface area contributed by atoms with Gasteiger partial charge in [-0.3, -0.25) is 4.98 Å². The standard InChI is InChI=1S/C12H13N3O/c1-2-4-10-9(3-1)14-7-11(15-10)12-8-16-6-5-13-12/h1-4,7,12-13H,5-6,8H2. The van der Waals surface area contributed by atoms with Crippen LogP contribution in [-0.4, -0.2) is 29.7 Å². The number of fused-ring (bicyclic) bond motifs is 1. The zero-order chi connectivity index (χ0) is 10.8. The summed E-state index contributed by atoms with van der Waals surface area (Å²) in [6.45, 7) is 2.32. The molecule has 4 heteroatoms. The number of para-hydroxylation sites is 2. The molecule has 2 heterocycles. The Balaban J connectivity index is 1.97. The van der Waals surface area contributed by atoms with Gasteiger partial charge in [0.2, 0.25) is 0 Å². The van der Waals surface area contributed by atoms with Crippen molar-refractivity contribution in [3.8, 4) is 0 Å². The molecule has 1 unspecified atom stereocenters. The molecule has 1 aromatic heterocycles. The van der Waals surface area contributed by atoms with Crippen molar-refractivity contribution in [3.05, 3.63) is 36.2 Å². The zero-order valence-corrected chi connectivity index (χ0v) is 8.89. The molecule has 1 aromatic carbocycles. The number of morpholine rings is 1. The molecule has 1 aliphatic heterocycles. The summed E-state index contributed by atoms with van der Waals surface area (Å²) < 4.78 is 5.42. The van der Waals surface area contributed by atoms with E-state index >= 15 is 0 Å². The number of hydrogen-bond acceptors (Lipinski definition) is 4. The first-order valence-electron chi connectivity index (χ1n) is 5.46. The Morgan fingerprint density at radius 2 is 2.12 bits per heavy atom. The number of rotatable bonds is 1. The molecule has 1 saturated heterocycles. The molecular formula is C12H13N3O. The molecule has 3 rings (SSSR count). The van der Waals surface area contributed by atoms with Crippen LogP contribution in [0.25, 0.3) is 11.0 Å². The third-order valence-electron chi connectivity index (χ3n) is 2.75. The maximum atomic E-state index is 5.42. The average molecular weight is 215 g/mol.